The fourth-order valence-corrected chi connectivity index (χ4v) is 3.02. The molecule has 0 heterocycles. The minimum atomic E-state index is -4.64. The molecule has 0 saturated heterocycles. The zero-order valence-corrected chi connectivity index (χ0v) is 17.7. The summed E-state index contributed by atoms with van der Waals surface area (Å²) in [5.74, 6) is 1.07. The molecule has 123 valence electrons. The van der Waals surface area contributed by atoms with Crippen LogP contribution in [0, 0.1) is 44.7 Å². The van der Waals surface area contributed by atoms with E-state index < -0.39 is 7.82 Å². The van der Waals surface area contributed by atoms with Crippen LogP contribution >= 0.6 is 7.82 Å². The van der Waals surface area contributed by atoms with E-state index in [0.29, 0.717) is 0 Å². The average molecular weight is 442 g/mol. The van der Waals surface area contributed by atoms with E-state index in [4.69, 9.17) is 19.2 Å². The predicted molar refractivity (Wildman–Crippen MR) is 82.2 cm³/mol. The van der Waals surface area contributed by atoms with Gasteiger partial charge in [0.05, 0.1) is 0 Å². The Morgan fingerprint density at radius 3 is 1.45 bits per heavy atom. The molecule has 20 heavy (non-hydrogen) atoms. The molecule has 0 radical (unpaired) electrons. The number of phosphoric acid groups is 1. The molecule has 0 saturated carbocycles. The van der Waals surface area contributed by atoms with Gasteiger partial charge in [-0.3, -0.25) is 0 Å². The first-order chi connectivity index (χ1) is 9.26. The van der Waals surface area contributed by atoms with Gasteiger partial charge in [0.2, 0.25) is 0 Å². The first-order valence-electron chi connectivity index (χ1n) is 7.69. The van der Waals surface area contributed by atoms with Crippen molar-refractivity contribution in [3.8, 4) is 0 Å². The van der Waals surface area contributed by atoms with Gasteiger partial charge in [-0.15, -0.1) is 0 Å². The van der Waals surface area contributed by atoms with Crippen molar-refractivity contribution < 1.29 is 58.0 Å². The maximum atomic E-state index is 8.88. The topological polar surface area (TPSA) is 77.8 Å². The van der Waals surface area contributed by atoms with Crippen molar-refractivity contribution in [2.45, 2.75) is 81.1 Å². The first kappa shape index (κ1) is 26.4. The van der Waals surface area contributed by atoms with E-state index in [9.17, 15) is 0 Å². The molecule has 0 fully saturated rings. The van der Waals surface area contributed by atoms with Gasteiger partial charge in [0.15, 0.2) is 0 Å². The van der Waals surface area contributed by atoms with Crippen LogP contribution in [0.1, 0.15) is 79.1 Å². The van der Waals surface area contributed by atoms with Gasteiger partial charge in [-0.2, -0.15) is 0 Å². The summed E-state index contributed by atoms with van der Waals surface area (Å²) in [7, 11) is -4.64. The van der Waals surface area contributed by atoms with E-state index >= 15 is 0 Å². The molecule has 0 bridgehead atoms. The molecule has 0 aromatic heterocycles. The largest absolute Gasteiger partial charge is 0.466 e. The average Bonchev–Trinajstić information content (AvgIpc) is 2.36. The Bertz CT molecular complexity index is 193. The number of hydrogen-bond acceptors (Lipinski definition) is 1. The van der Waals surface area contributed by atoms with Crippen molar-refractivity contribution in [3.63, 3.8) is 0 Å². The second-order valence-corrected chi connectivity index (χ2v) is 7.18. The van der Waals surface area contributed by atoms with Crippen LogP contribution in [0.3, 0.4) is 0 Å². The van der Waals surface area contributed by atoms with E-state index in [1.165, 1.54) is 92.2 Å². The maximum absolute atomic E-state index is 8.88. The molecule has 0 aromatic carbocycles. The zero-order chi connectivity index (χ0) is 16.4. The van der Waals surface area contributed by atoms with Crippen LogP contribution in [0.5, 0.6) is 0 Å². The van der Waals surface area contributed by atoms with Crippen molar-refractivity contribution in [2.75, 3.05) is 0 Å². The molecule has 6 heteroatoms. The number of rotatable bonds is 8. The van der Waals surface area contributed by atoms with Gasteiger partial charge in [-0.05, 0) is 0 Å². The van der Waals surface area contributed by atoms with Gasteiger partial charge >= 0.3 is 94.1 Å². The zero-order valence-electron chi connectivity index (χ0n) is 13.6. The summed E-state index contributed by atoms with van der Waals surface area (Å²) in [6.45, 7) is 9.06. The monoisotopic (exact) mass is 439 g/mol. The summed E-state index contributed by atoms with van der Waals surface area (Å²) < 4.78 is 10.4. The quantitative estimate of drug-likeness (QED) is 0.372. The molecule has 0 aliphatic carbocycles. The normalized spacial score (nSPS) is 11.7. The van der Waals surface area contributed by atoms with Gasteiger partial charge in [-0.1, -0.05) is 39.5 Å². The second kappa shape index (κ2) is 20.5. The fraction of sp³-hybridized carbons (Fsp3) is 1.00. The van der Waals surface area contributed by atoms with E-state index in [1.807, 2.05) is 0 Å². The predicted octanol–water partition coefficient (Wildman–Crippen LogP) is 4.83. The number of hydrogen-bond donors (Lipinski definition) is 3. The van der Waals surface area contributed by atoms with Gasteiger partial charge in [0, 0.05) is 0 Å². The van der Waals surface area contributed by atoms with Crippen molar-refractivity contribution in [1.82, 2.24) is 0 Å². The summed E-state index contributed by atoms with van der Waals surface area (Å²) >= 11 is 1.40. The summed E-state index contributed by atoms with van der Waals surface area (Å²) in [5.41, 5.74) is 0. The molecule has 3 N–H and O–H groups in total. The standard InChI is InChI=1S/C8H17.C6H14.Nd.H3O4P/c1-4-6-7-8(3)5-2;1-3-5-6-4-2;;1-5(2,3)4/h8H,3-7H2,1-2H3;3-6H2,1-2H3;;(H3,1,2,3,4). The summed E-state index contributed by atoms with van der Waals surface area (Å²) in [4.78, 5) is 21.6. The van der Waals surface area contributed by atoms with E-state index in [0.717, 1.165) is 5.92 Å². The maximum Gasteiger partial charge on any atom is 0.466 e. The SMILES string of the molecule is CCCCC(CC)[CH2][Nd].CCCCCC.O=P(O)(O)O. The van der Waals surface area contributed by atoms with Crippen LogP contribution in [-0.2, 0) is 4.57 Å². The Labute approximate surface area is 152 Å². The molecule has 1 atom stereocenters. The Balaban J connectivity index is -0.000000230. The van der Waals surface area contributed by atoms with E-state index in [1.54, 1.807) is 0 Å². The van der Waals surface area contributed by atoms with E-state index in [-0.39, 0.29) is 0 Å². The van der Waals surface area contributed by atoms with Crippen LogP contribution in [0.15, 0.2) is 0 Å². The van der Waals surface area contributed by atoms with Crippen LogP contribution in [0.25, 0.3) is 0 Å². The smallest absolute Gasteiger partial charge is 0.303 e. The molecule has 1 unspecified atom stereocenters. The molecule has 0 spiro atoms. The molecule has 4 nitrogen and oxygen atoms in total. The van der Waals surface area contributed by atoms with Crippen LogP contribution in [-0.4, -0.2) is 14.7 Å². The first-order valence-corrected chi connectivity index (χ1v) is 11.5. The van der Waals surface area contributed by atoms with Crippen molar-refractivity contribution in [2.24, 2.45) is 5.92 Å². The Morgan fingerprint density at radius 1 is 0.900 bits per heavy atom. The Morgan fingerprint density at radius 2 is 1.25 bits per heavy atom. The van der Waals surface area contributed by atoms with Crippen molar-refractivity contribution in [3.05, 3.63) is 0 Å². The van der Waals surface area contributed by atoms with Gasteiger partial charge < -0.3 is 14.7 Å². The minimum Gasteiger partial charge on any atom is -0.303 e. The van der Waals surface area contributed by atoms with Crippen molar-refractivity contribution >= 4 is 7.82 Å². The molecular formula is C14H34NdO4P. The fourth-order valence-electron chi connectivity index (χ4n) is 1.44. The molecule has 0 aliphatic heterocycles. The van der Waals surface area contributed by atoms with Crippen molar-refractivity contribution in [1.29, 1.82) is 0 Å². The molecular weight excluding hydrogens is 407 g/mol. The second-order valence-electron chi connectivity index (χ2n) is 4.84. The third-order valence-electron chi connectivity index (χ3n) is 2.79. The van der Waals surface area contributed by atoms with E-state index in [2.05, 4.69) is 27.7 Å². The summed E-state index contributed by atoms with van der Waals surface area (Å²) in [6.07, 6.45) is 11.2. The third-order valence-corrected chi connectivity index (χ3v) is 4.64. The van der Waals surface area contributed by atoms with Crippen LogP contribution in [0.2, 0.25) is 2.07 Å². The summed E-state index contributed by atoms with van der Waals surface area (Å²) in [5, 5.41) is 0. The van der Waals surface area contributed by atoms with Gasteiger partial charge in [0.1, 0.15) is 0 Å². The van der Waals surface area contributed by atoms with Crippen LogP contribution in [0.4, 0.5) is 0 Å². The summed E-state index contributed by atoms with van der Waals surface area (Å²) in [6, 6.07) is 0. The Hall–Kier alpha value is 1.46. The molecule has 0 aromatic rings. The molecule has 0 aliphatic rings. The molecule has 0 rings (SSSR count). The molecule has 0 amide bonds. The minimum absolute atomic E-state index is 1.07. The van der Waals surface area contributed by atoms with Crippen LogP contribution < -0.4 is 0 Å². The third kappa shape index (κ3) is 42.7. The van der Waals surface area contributed by atoms with Gasteiger partial charge in [-0.25, -0.2) is 4.57 Å². The van der Waals surface area contributed by atoms with Gasteiger partial charge in [0.25, 0.3) is 0 Å². The number of unbranched alkanes of at least 4 members (excludes halogenated alkanes) is 4. The Kier molecular flexibility index (Phi) is 27.0.